The molecule has 22 heavy (non-hydrogen) atoms. The molecule has 116 valence electrons. The highest BCUT2D eigenvalue weighted by atomic mass is 35.5. The zero-order chi connectivity index (χ0) is 16.1. The van der Waals surface area contributed by atoms with Crippen LogP contribution < -0.4 is 10.6 Å². The molecule has 0 saturated heterocycles. The highest BCUT2D eigenvalue weighted by molar-refractivity contribution is 6.31. The van der Waals surface area contributed by atoms with Gasteiger partial charge in [-0.3, -0.25) is 4.79 Å². The smallest absolute Gasteiger partial charge is 0.238 e. The highest BCUT2D eigenvalue weighted by Gasteiger charge is 2.12. The fraction of sp³-hybridized carbons (Fsp3) is 0.188. The van der Waals surface area contributed by atoms with Gasteiger partial charge < -0.3 is 10.6 Å². The second kappa shape index (κ2) is 7.33. The summed E-state index contributed by atoms with van der Waals surface area (Å²) in [6.45, 7) is 1.81. The Balaban J connectivity index is 1.93. The molecule has 2 rings (SSSR count). The Hall–Kier alpha value is -1.98. The summed E-state index contributed by atoms with van der Waals surface area (Å²) in [5.41, 5.74) is 0.672. The summed E-state index contributed by atoms with van der Waals surface area (Å²) in [5.74, 6) is -1.77. The third kappa shape index (κ3) is 4.26. The second-order valence-corrected chi connectivity index (χ2v) is 5.20. The number of benzene rings is 2. The molecule has 0 saturated carbocycles. The van der Waals surface area contributed by atoms with Gasteiger partial charge in [0.1, 0.15) is 11.6 Å². The monoisotopic (exact) mass is 324 g/mol. The van der Waals surface area contributed by atoms with Gasteiger partial charge in [0.2, 0.25) is 5.91 Å². The van der Waals surface area contributed by atoms with Gasteiger partial charge in [-0.25, -0.2) is 8.78 Å². The molecule has 0 aliphatic carbocycles. The van der Waals surface area contributed by atoms with Crippen LogP contribution in [-0.4, -0.2) is 12.5 Å². The van der Waals surface area contributed by atoms with Gasteiger partial charge in [-0.1, -0.05) is 29.8 Å². The molecule has 0 radical (unpaired) electrons. The highest BCUT2D eigenvalue weighted by Crippen LogP contribution is 2.22. The number of hydrogen-bond acceptors (Lipinski definition) is 2. The van der Waals surface area contributed by atoms with Gasteiger partial charge in [0.25, 0.3) is 0 Å². The molecule has 0 aliphatic heterocycles. The first kappa shape index (κ1) is 16.4. The first-order chi connectivity index (χ1) is 10.5. The number of hydrogen-bond donors (Lipinski definition) is 2. The van der Waals surface area contributed by atoms with Crippen LogP contribution in [0, 0.1) is 11.6 Å². The van der Waals surface area contributed by atoms with E-state index < -0.39 is 17.5 Å². The fourth-order valence-electron chi connectivity index (χ4n) is 1.97. The maximum Gasteiger partial charge on any atom is 0.238 e. The first-order valence-electron chi connectivity index (χ1n) is 6.70. The van der Waals surface area contributed by atoms with E-state index >= 15 is 0 Å². The molecule has 2 N–H and O–H groups in total. The van der Waals surface area contributed by atoms with Crippen molar-refractivity contribution in [3.8, 4) is 0 Å². The standard InChI is InChI=1S/C16H15ClF2N2O/c1-10(12-4-2-3-5-13(12)17)20-9-16(22)21-15-8-11(18)6-7-14(15)19/h2-8,10,20H,9H2,1H3,(H,21,22)/t10-/m0/s1. The molecular weight excluding hydrogens is 310 g/mol. The van der Waals surface area contributed by atoms with Crippen molar-refractivity contribution in [2.24, 2.45) is 0 Å². The van der Waals surface area contributed by atoms with Crippen LogP contribution in [0.1, 0.15) is 18.5 Å². The van der Waals surface area contributed by atoms with Crippen molar-refractivity contribution in [1.29, 1.82) is 0 Å². The van der Waals surface area contributed by atoms with Crippen LogP contribution in [0.15, 0.2) is 42.5 Å². The topological polar surface area (TPSA) is 41.1 Å². The van der Waals surface area contributed by atoms with Crippen molar-refractivity contribution in [3.05, 3.63) is 64.7 Å². The maximum absolute atomic E-state index is 13.4. The van der Waals surface area contributed by atoms with Crippen molar-refractivity contribution in [2.75, 3.05) is 11.9 Å². The number of anilines is 1. The summed E-state index contributed by atoms with van der Waals surface area (Å²) in [7, 11) is 0. The quantitative estimate of drug-likeness (QED) is 0.875. The number of halogens is 3. The molecule has 3 nitrogen and oxygen atoms in total. The Kier molecular flexibility index (Phi) is 5.46. The van der Waals surface area contributed by atoms with Gasteiger partial charge in [-0.2, -0.15) is 0 Å². The minimum Gasteiger partial charge on any atom is -0.322 e. The Morgan fingerprint density at radius 3 is 2.68 bits per heavy atom. The molecule has 0 unspecified atom stereocenters. The lowest BCUT2D eigenvalue weighted by Gasteiger charge is -2.15. The lowest BCUT2D eigenvalue weighted by molar-refractivity contribution is -0.115. The average molecular weight is 325 g/mol. The third-order valence-electron chi connectivity index (χ3n) is 3.14. The summed E-state index contributed by atoms with van der Waals surface area (Å²) >= 11 is 6.07. The minimum atomic E-state index is -0.686. The molecule has 1 amide bonds. The lowest BCUT2D eigenvalue weighted by atomic mass is 10.1. The zero-order valence-corrected chi connectivity index (χ0v) is 12.6. The molecule has 0 fully saturated rings. The number of nitrogens with one attached hydrogen (secondary N) is 2. The third-order valence-corrected chi connectivity index (χ3v) is 3.49. The van der Waals surface area contributed by atoms with Gasteiger partial charge in [-0.15, -0.1) is 0 Å². The van der Waals surface area contributed by atoms with E-state index in [1.54, 1.807) is 6.07 Å². The van der Waals surface area contributed by atoms with E-state index in [0.717, 1.165) is 23.8 Å². The molecule has 2 aromatic rings. The van der Waals surface area contributed by atoms with Gasteiger partial charge in [-0.05, 0) is 30.7 Å². The SMILES string of the molecule is C[C@H](NCC(=O)Nc1cc(F)ccc1F)c1ccccc1Cl. The van der Waals surface area contributed by atoms with Crippen molar-refractivity contribution in [1.82, 2.24) is 5.32 Å². The van der Waals surface area contributed by atoms with Crippen molar-refractivity contribution in [3.63, 3.8) is 0 Å². The lowest BCUT2D eigenvalue weighted by Crippen LogP contribution is -2.30. The molecule has 1 atom stereocenters. The van der Waals surface area contributed by atoms with Crippen LogP contribution in [0.4, 0.5) is 14.5 Å². The first-order valence-corrected chi connectivity index (χ1v) is 7.08. The van der Waals surface area contributed by atoms with E-state index in [1.807, 2.05) is 25.1 Å². The second-order valence-electron chi connectivity index (χ2n) is 4.80. The molecule has 0 heterocycles. The molecule has 6 heteroatoms. The van der Waals surface area contributed by atoms with Crippen molar-refractivity contribution in [2.45, 2.75) is 13.0 Å². The largest absolute Gasteiger partial charge is 0.322 e. The van der Waals surface area contributed by atoms with E-state index in [2.05, 4.69) is 10.6 Å². The van der Waals surface area contributed by atoms with E-state index in [4.69, 9.17) is 11.6 Å². The van der Waals surface area contributed by atoms with Crippen molar-refractivity contribution >= 4 is 23.2 Å². The average Bonchev–Trinajstić information content (AvgIpc) is 2.49. The van der Waals surface area contributed by atoms with Gasteiger partial charge in [0.05, 0.1) is 12.2 Å². The molecule has 0 bridgehead atoms. The molecule has 0 spiro atoms. The Morgan fingerprint density at radius 1 is 1.23 bits per heavy atom. The minimum absolute atomic E-state index is 0.0532. The molecule has 0 aliphatic rings. The van der Waals surface area contributed by atoms with E-state index in [-0.39, 0.29) is 18.3 Å². The van der Waals surface area contributed by atoms with E-state index in [0.29, 0.717) is 5.02 Å². The predicted octanol–water partition coefficient (Wildman–Crippen LogP) is 3.91. The summed E-state index contributed by atoms with van der Waals surface area (Å²) in [6.07, 6.45) is 0. The number of amides is 1. The van der Waals surface area contributed by atoms with Gasteiger partial charge in [0, 0.05) is 17.1 Å². The van der Waals surface area contributed by atoms with Crippen LogP contribution in [0.3, 0.4) is 0 Å². The summed E-state index contributed by atoms with van der Waals surface area (Å²) < 4.78 is 26.5. The number of carbonyl (C=O) groups is 1. The van der Waals surface area contributed by atoms with Crippen LogP contribution in [-0.2, 0) is 4.79 Å². The number of rotatable bonds is 5. The normalized spacial score (nSPS) is 12.0. The van der Waals surface area contributed by atoms with Crippen molar-refractivity contribution < 1.29 is 13.6 Å². The maximum atomic E-state index is 13.4. The molecule has 0 aromatic heterocycles. The zero-order valence-electron chi connectivity index (χ0n) is 11.9. The van der Waals surface area contributed by atoms with Crippen LogP contribution in [0.25, 0.3) is 0 Å². The number of carbonyl (C=O) groups excluding carboxylic acids is 1. The fourth-order valence-corrected chi connectivity index (χ4v) is 2.27. The van der Waals surface area contributed by atoms with Gasteiger partial charge >= 0.3 is 0 Å². The summed E-state index contributed by atoms with van der Waals surface area (Å²) in [5, 5.41) is 5.90. The predicted molar refractivity (Wildman–Crippen MR) is 82.9 cm³/mol. The van der Waals surface area contributed by atoms with Gasteiger partial charge in [0.15, 0.2) is 0 Å². The summed E-state index contributed by atoms with van der Waals surface area (Å²) in [4.78, 5) is 11.8. The van der Waals surface area contributed by atoms with Crippen LogP contribution >= 0.6 is 11.6 Å². The van der Waals surface area contributed by atoms with Crippen LogP contribution in [0.5, 0.6) is 0 Å². The molecular formula is C16H15ClF2N2O. The van der Waals surface area contributed by atoms with E-state index in [1.165, 1.54) is 0 Å². The Morgan fingerprint density at radius 2 is 1.95 bits per heavy atom. The molecule has 2 aromatic carbocycles. The summed E-state index contributed by atoms with van der Waals surface area (Å²) in [6, 6.07) is 10.0. The van der Waals surface area contributed by atoms with E-state index in [9.17, 15) is 13.6 Å². The Labute approximate surface area is 132 Å². The van der Waals surface area contributed by atoms with Crippen LogP contribution in [0.2, 0.25) is 5.02 Å². The Bertz CT molecular complexity index is 679.